The number of rotatable bonds is 20. The quantitative estimate of drug-likeness (QED) is 0.0445. The molecule has 0 radical (unpaired) electrons. The van der Waals surface area contributed by atoms with Crippen molar-refractivity contribution in [2.24, 2.45) is 49.8 Å². The second-order valence-electron chi connectivity index (χ2n) is 13.4. The number of nitrogens with one attached hydrogen (secondary N) is 5. The molecule has 0 heterocycles. The van der Waals surface area contributed by atoms with Crippen LogP contribution in [0.3, 0.4) is 0 Å². The second-order valence-corrected chi connectivity index (χ2v) is 13.4. The SMILES string of the molecule is CC(C)(C)[C@H](NC(=O)[C@H](CCCN=C(N)N)NC(=O)Cc1ccc(CN)cc1)C(=O)N[C@@H](CCCN=C(N)N)C(=O)NCc1ccc(C(=N)N)cc1. The van der Waals surface area contributed by atoms with Crippen LogP contribution in [-0.2, 0) is 38.7 Å². The van der Waals surface area contributed by atoms with Gasteiger partial charge in [0.1, 0.15) is 24.0 Å². The lowest BCUT2D eigenvalue weighted by atomic mass is 9.85. The van der Waals surface area contributed by atoms with Gasteiger partial charge in [-0.2, -0.15) is 0 Å². The maximum absolute atomic E-state index is 13.9. The Hall–Kier alpha value is -5.71. The maximum Gasteiger partial charge on any atom is 0.243 e. The molecule has 0 aromatic heterocycles. The lowest BCUT2D eigenvalue weighted by Crippen LogP contribution is -2.60. The number of amides is 4. The third-order valence-corrected chi connectivity index (χ3v) is 7.95. The lowest BCUT2D eigenvalue weighted by Gasteiger charge is -2.33. The number of nitrogens with two attached hydrogens (primary N) is 6. The number of hydrogen-bond acceptors (Lipinski definition) is 8. The van der Waals surface area contributed by atoms with Crippen LogP contribution >= 0.6 is 0 Å². The van der Waals surface area contributed by atoms with E-state index in [0.717, 1.165) is 16.7 Å². The predicted molar refractivity (Wildman–Crippen MR) is 202 cm³/mol. The van der Waals surface area contributed by atoms with Crippen molar-refractivity contribution in [2.45, 2.75) is 84.1 Å². The minimum atomic E-state index is -1.10. The van der Waals surface area contributed by atoms with Crippen LogP contribution in [0.25, 0.3) is 0 Å². The van der Waals surface area contributed by atoms with Gasteiger partial charge in [0.25, 0.3) is 0 Å². The maximum atomic E-state index is 13.9. The van der Waals surface area contributed by atoms with Gasteiger partial charge < -0.3 is 55.7 Å². The molecule has 3 atom stereocenters. The summed E-state index contributed by atoms with van der Waals surface area (Å²) in [5.74, 6) is -2.32. The van der Waals surface area contributed by atoms with Crippen LogP contribution in [0.2, 0.25) is 0 Å². The summed E-state index contributed by atoms with van der Waals surface area (Å²) in [5.41, 5.74) is 35.1. The molecule has 2 aromatic carbocycles. The number of nitrogens with zero attached hydrogens (tertiary/aromatic N) is 2. The number of carbonyl (C=O) groups excluding carboxylic acids is 4. The third kappa shape index (κ3) is 15.5. The minimum Gasteiger partial charge on any atom is -0.384 e. The van der Waals surface area contributed by atoms with E-state index in [9.17, 15) is 19.2 Å². The topological polar surface area (TPSA) is 321 Å². The van der Waals surface area contributed by atoms with Gasteiger partial charge in [-0.15, -0.1) is 0 Å². The number of hydrogen-bond donors (Lipinski definition) is 11. The van der Waals surface area contributed by atoms with Gasteiger partial charge in [0.2, 0.25) is 23.6 Å². The Labute approximate surface area is 304 Å². The average molecular weight is 722 g/mol. The van der Waals surface area contributed by atoms with Crippen molar-refractivity contribution in [2.75, 3.05) is 13.1 Å². The van der Waals surface area contributed by atoms with Crippen LogP contribution in [0.4, 0.5) is 0 Å². The number of benzene rings is 2. The molecule has 2 aromatic rings. The van der Waals surface area contributed by atoms with Crippen molar-refractivity contribution in [1.29, 1.82) is 5.41 Å². The number of nitrogen functional groups attached to an aromatic ring is 1. The molecule has 52 heavy (non-hydrogen) atoms. The Morgan fingerprint density at radius 3 is 1.67 bits per heavy atom. The van der Waals surface area contributed by atoms with Gasteiger partial charge in [0, 0.05) is 31.7 Å². The van der Waals surface area contributed by atoms with Gasteiger partial charge in [0.05, 0.1) is 6.42 Å². The van der Waals surface area contributed by atoms with Crippen LogP contribution < -0.4 is 55.7 Å². The molecule has 0 aliphatic rings. The zero-order valence-electron chi connectivity index (χ0n) is 30.2. The van der Waals surface area contributed by atoms with E-state index in [-0.39, 0.29) is 56.7 Å². The monoisotopic (exact) mass is 721 g/mol. The number of guanidine groups is 2. The highest BCUT2D eigenvalue weighted by atomic mass is 16.2. The van der Waals surface area contributed by atoms with Crippen molar-refractivity contribution in [3.63, 3.8) is 0 Å². The smallest absolute Gasteiger partial charge is 0.243 e. The van der Waals surface area contributed by atoms with E-state index in [1.54, 1.807) is 57.2 Å². The van der Waals surface area contributed by atoms with Crippen LogP contribution in [0.15, 0.2) is 58.5 Å². The summed E-state index contributed by atoms with van der Waals surface area (Å²) < 4.78 is 0. The highest BCUT2D eigenvalue weighted by Crippen LogP contribution is 2.21. The number of carbonyl (C=O) groups is 4. The van der Waals surface area contributed by atoms with Crippen LogP contribution in [0.1, 0.15) is 68.7 Å². The van der Waals surface area contributed by atoms with Crippen molar-refractivity contribution < 1.29 is 19.2 Å². The van der Waals surface area contributed by atoms with E-state index in [1.165, 1.54) is 0 Å². The molecule has 0 unspecified atom stereocenters. The first-order chi connectivity index (χ1) is 24.5. The van der Waals surface area contributed by atoms with Crippen LogP contribution in [0.5, 0.6) is 0 Å². The van der Waals surface area contributed by atoms with E-state index in [0.29, 0.717) is 24.9 Å². The van der Waals surface area contributed by atoms with Crippen molar-refractivity contribution >= 4 is 41.4 Å². The first kappa shape index (κ1) is 42.5. The molecule has 0 spiro atoms. The standard InChI is InChI=1S/C35H55N13O4/c1-35(2,3)28(48-31(51)26(7-5-17-44-34(41)42)46-27(49)18-21-8-10-22(19-36)11-9-21)32(52)47-25(6-4-16-43-33(39)40)30(50)45-20-23-12-14-24(15-13-23)29(37)38/h8-15,25-26,28H,4-7,16-20,36H2,1-3H3,(H3,37,38)(H,45,50)(H,46,49)(H,47,52)(H,48,51)(H4,39,40,43)(H4,41,42,44)/t25-,26-,28+/m0/s1. The van der Waals surface area contributed by atoms with Crippen LogP contribution in [-0.4, -0.2) is 72.6 Å². The number of amidine groups is 1. The van der Waals surface area contributed by atoms with E-state index < -0.39 is 47.2 Å². The average Bonchev–Trinajstić information content (AvgIpc) is 3.08. The Balaban J connectivity index is 2.24. The molecule has 0 fully saturated rings. The number of aliphatic imine (C=N–C) groups is 2. The fraction of sp³-hybridized carbons (Fsp3) is 0.457. The predicted octanol–water partition coefficient (Wildman–Crippen LogP) is -1.10. The van der Waals surface area contributed by atoms with E-state index in [2.05, 4.69) is 31.3 Å². The third-order valence-electron chi connectivity index (χ3n) is 7.95. The molecule has 0 saturated carbocycles. The fourth-order valence-corrected chi connectivity index (χ4v) is 5.06. The van der Waals surface area contributed by atoms with E-state index in [1.807, 2.05) is 12.1 Å². The lowest BCUT2D eigenvalue weighted by molar-refractivity contribution is -0.136. The fourth-order valence-electron chi connectivity index (χ4n) is 5.06. The van der Waals surface area contributed by atoms with Crippen molar-refractivity contribution in [1.82, 2.24) is 21.3 Å². The molecule has 284 valence electrons. The van der Waals surface area contributed by atoms with Gasteiger partial charge in [-0.05, 0) is 47.8 Å². The molecule has 0 aliphatic heterocycles. The van der Waals surface area contributed by atoms with Crippen LogP contribution in [0, 0.1) is 10.8 Å². The Bertz CT molecular complexity index is 1560. The summed E-state index contributed by atoms with van der Waals surface area (Å²) in [6.07, 6.45) is 1.13. The Kier molecular flexibility index (Phi) is 17.0. The first-order valence-electron chi connectivity index (χ1n) is 17.0. The highest BCUT2D eigenvalue weighted by Gasteiger charge is 2.36. The summed E-state index contributed by atoms with van der Waals surface area (Å²) in [6.45, 7) is 6.28. The van der Waals surface area contributed by atoms with Crippen molar-refractivity contribution in [3.05, 3.63) is 70.8 Å². The van der Waals surface area contributed by atoms with Gasteiger partial charge in [0.15, 0.2) is 11.9 Å². The molecule has 17 N–H and O–H groups in total. The summed E-state index contributed by atoms with van der Waals surface area (Å²) in [5, 5.41) is 18.8. The molecule has 2 rings (SSSR count). The summed E-state index contributed by atoms with van der Waals surface area (Å²) in [4.78, 5) is 62.1. The Morgan fingerprint density at radius 1 is 0.692 bits per heavy atom. The van der Waals surface area contributed by atoms with Gasteiger partial charge in [-0.3, -0.25) is 34.6 Å². The summed E-state index contributed by atoms with van der Waals surface area (Å²) in [6, 6.07) is 10.9. The molecule has 17 nitrogen and oxygen atoms in total. The van der Waals surface area contributed by atoms with Gasteiger partial charge >= 0.3 is 0 Å². The minimum absolute atomic E-state index is 0.0171. The molecule has 17 heteroatoms. The first-order valence-corrected chi connectivity index (χ1v) is 17.0. The summed E-state index contributed by atoms with van der Waals surface area (Å²) in [7, 11) is 0. The zero-order valence-corrected chi connectivity index (χ0v) is 30.2. The van der Waals surface area contributed by atoms with E-state index in [4.69, 9.17) is 39.8 Å². The molecule has 4 amide bonds. The van der Waals surface area contributed by atoms with E-state index >= 15 is 0 Å². The molecular weight excluding hydrogens is 666 g/mol. The summed E-state index contributed by atoms with van der Waals surface area (Å²) >= 11 is 0. The van der Waals surface area contributed by atoms with Gasteiger partial charge in [-0.1, -0.05) is 69.3 Å². The zero-order chi connectivity index (χ0) is 38.8. The molecule has 0 aliphatic carbocycles. The van der Waals surface area contributed by atoms with Gasteiger partial charge in [-0.25, -0.2) is 0 Å². The molecule has 0 bridgehead atoms. The molecular formula is C35H55N13O4. The molecule has 0 saturated heterocycles. The largest absolute Gasteiger partial charge is 0.384 e. The van der Waals surface area contributed by atoms with Crippen molar-refractivity contribution in [3.8, 4) is 0 Å². The highest BCUT2D eigenvalue weighted by molar-refractivity contribution is 5.95. The second kappa shape index (κ2) is 20.8. The normalized spacial score (nSPS) is 12.7. The Morgan fingerprint density at radius 2 is 1.19 bits per heavy atom.